The van der Waals surface area contributed by atoms with Gasteiger partial charge in [0.2, 0.25) is 0 Å². The van der Waals surface area contributed by atoms with E-state index in [1.165, 1.54) is 17.6 Å². The minimum Gasteiger partial charge on any atom is -0.431 e. The number of thiophene rings is 1. The summed E-state index contributed by atoms with van der Waals surface area (Å²) in [7, 11) is 0. The molecule has 116 valence electrons. The minimum absolute atomic E-state index is 0.0159. The highest BCUT2D eigenvalue weighted by molar-refractivity contribution is 7.12. The summed E-state index contributed by atoms with van der Waals surface area (Å²) in [6.07, 6.45) is 1.20. The predicted octanol–water partition coefficient (Wildman–Crippen LogP) is 3.55. The van der Waals surface area contributed by atoms with Gasteiger partial charge in [0.25, 0.3) is 11.8 Å². The van der Waals surface area contributed by atoms with Crippen molar-refractivity contribution in [1.29, 1.82) is 0 Å². The van der Waals surface area contributed by atoms with Crippen LogP contribution in [-0.2, 0) is 0 Å². The molecule has 0 spiro atoms. The third-order valence-corrected chi connectivity index (χ3v) is 3.85. The Morgan fingerprint density at radius 1 is 1.13 bits per heavy atom. The van der Waals surface area contributed by atoms with Gasteiger partial charge in [-0.05, 0) is 36.1 Å². The first kappa shape index (κ1) is 15.0. The van der Waals surface area contributed by atoms with Crippen LogP contribution in [0.4, 0.5) is 11.7 Å². The van der Waals surface area contributed by atoms with Crippen LogP contribution in [0.5, 0.6) is 0 Å². The molecule has 0 saturated carbocycles. The first-order chi connectivity index (χ1) is 11.1. The molecule has 0 unspecified atom stereocenters. The highest BCUT2D eigenvalue weighted by Gasteiger charge is 2.15. The van der Waals surface area contributed by atoms with Gasteiger partial charge in [0.15, 0.2) is 5.69 Å². The lowest BCUT2D eigenvalue weighted by Gasteiger charge is -2.03. The second-order valence-corrected chi connectivity index (χ2v) is 5.74. The van der Waals surface area contributed by atoms with Crippen LogP contribution in [0, 0.1) is 6.92 Å². The molecule has 3 aromatic rings. The van der Waals surface area contributed by atoms with Gasteiger partial charge in [-0.3, -0.25) is 14.9 Å². The number of carbonyl (C=O) groups is 2. The maximum absolute atomic E-state index is 12.1. The molecule has 3 rings (SSSR count). The lowest BCUT2D eigenvalue weighted by molar-refractivity contribution is 0.101. The van der Waals surface area contributed by atoms with Gasteiger partial charge in [-0.1, -0.05) is 18.2 Å². The molecule has 0 atom stereocenters. The van der Waals surface area contributed by atoms with Gasteiger partial charge < -0.3 is 9.73 Å². The summed E-state index contributed by atoms with van der Waals surface area (Å²) in [6, 6.07) is 10.9. The summed E-state index contributed by atoms with van der Waals surface area (Å²) < 4.78 is 5.12. The van der Waals surface area contributed by atoms with E-state index in [0.29, 0.717) is 10.6 Å². The van der Waals surface area contributed by atoms with E-state index in [9.17, 15) is 9.59 Å². The minimum atomic E-state index is -0.407. The van der Waals surface area contributed by atoms with Crippen molar-refractivity contribution in [3.05, 3.63) is 64.2 Å². The Morgan fingerprint density at radius 2 is 2.00 bits per heavy atom. The Balaban J connectivity index is 1.66. The van der Waals surface area contributed by atoms with E-state index in [2.05, 4.69) is 15.6 Å². The molecule has 1 aromatic carbocycles. The number of aromatic nitrogens is 1. The lowest BCUT2D eigenvalue weighted by Crippen LogP contribution is -2.13. The molecule has 6 nitrogen and oxygen atoms in total. The smallest absolute Gasteiger partial charge is 0.302 e. The van der Waals surface area contributed by atoms with Gasteiger partial charge in [-0.15, -0.1) is 11.3 Å². The number of anilines is 2. The van der Waals surface area contributed by atoms with E-state index in [-0.39, 0.29) is 17.6 Å². The standard InChI is InChI=1S/C16H13N3O3S/c1-10-4-2-5-11(8-10)17-14(20)12-9-22-16(18-12)19-15(21)13-6-3-7-23-13/h2-9H,1H3,(H,17,20)(H,18,19,21). The highest BCUT2D eigenvalue weighted by Crippen LogP contribution is 2.15. The molecular weight excluding hydrogens is 314 g/mol. The average Bonchev–Trinajstić information content (AvgIpc) is 3.18. The fraction of sp³-hybridized carbons (Fsp3) is 0.0625. The quantitative estimate of drug-likeness (QED) is 0.767. The van der Waals surface area contributed by atoms with Crippen LogP contribution >= 0.6 is 11.3 Å². The molecule has 0 saturated heterocycles. The number of amides is 2. The van der Waals surface area contributed by atoms with Crippen LogP contribution in [0.1, 0.15) is 25.7 Å². The molecule has 7 heteroatoms. The molecule has 0 radical (unpaired) electrons. The highest BCUT2D eigenvalue weighted by atomic mass is 32.1. The maximum atomic E-state index is 12.1. The Kier molecular flexibility index (Phi) is 4.20. The molecule has 2 heterocycles. The van der Waals surface area contributed by atoms with Gasteiger partial charge in [-0.25, -0.2) is 0 Å². The summed E-state index contributed by atoms with van der Waals surface area (Å²) in [5.74, 6) is -0.733. The van der Waals surface area contributed by atoms with E-state index >= 15 is 0 Å². The number of aryl methyl sites for hydroxylation is 1. The van der Waals surface area contributed by atoms with Crippen LogP contribution in [0.15, 0.2) is 52.5 Å². The van der Waals surface area contributed by atoms with Crippen LogP contribution in [0.2, 0.25) is 0 Å². The molecule has 2 N–H and O–H groups in total. The second-order valence-electron chi connectivity index (χ2n) is 4.79. The molecule has 2 aromatic heterocycles. The lowest BCUT2D eigenvalue weighted by atomic mass is 10.2. The number of rotatable bonds is 4. The van der Waals surface area contributed by atoms with Crippen molar-refractivity contribution in [2.24, 2.45) is 0 Å². The fourth-order valence-electron chi connectivity index (χ4n) is 1.92. The van der Waals surface area contributed by atoms with Crippen LogP contribution in [-0.4, -0.2) is 16.8 Å². The summed E-state index contributed by atoms with van der Waals surface area (Å²) >= 11 is 1.31. The molecule has 0 aliphatic rings. The molecular formula is C16H13N3O3S. The third kappa shape index (κ3) is 3.64. The first-order valence-electron chi connectivity index (χ1n) is 6.80. The first-order valence-corrected chi connectivity index (χ1v) is 7.68. The molecule has 0 aliphatic carbocycles. The summed E-state index contributed by atoms with van der Waals surface area (Å²) in [5.41, 5.74) is 1.79. The summed E-state index contributed by atoms with van der Waals surface area (Å²) in [5, 5.41) is 7.02. The summed E-state index contributed by atoms with van der Waals surface area (Å²) in [6.45, 7) is 1.93. The molecule has 2 amide bonds. The zero-order valence-corrected chi connectivity index (χ0v) is 13.0. The molecule has 0 fully saturated rings. The van der Waals surface area contributed by atoms with Crippen molar-refractivity contribution in [2.75, 3.05) is 10.6 Å². The van der Waals surface area contributed by atoms with Crippen LogP contribution in [0.3, 0.4) is 0 Å². The van der Waals surface area contributed by atoms with E-state index in [0.717, 1.165) is 5.56 Å². The zero-order chi connectivity index (χ0) is 16.2. The Morgan fingerprint density at radius 3 is 2.74 bits per heavy atom. The number of nitrogens with one attached hydrogen (secondary N) is 2. The number of benzene rings is 1. The third-order valence-electron chi connectivity index (χ3n) is 2.98. The van der Waals surface area contributed by atoms with Crippen molar-refractivity contribution in [2.45, 2.75) is 6.92 Å². The average molecular weight is 327 g/mol. The Bertz CT molecular complexity index is 840. The van der Waals surface area contributed by atoms with Crippen molar-refractivity contribution < 1.29 is 14.0 Å². The van der Waals surface area contributed by atoms with Crippen molar-refractivity contribution in [3.8, 4) is 0 Å². The number of carbonyl (C=O) groups excluding carboxylic acids is 2. The number of hydrogen-bond donors (Lipinski definition) is 2. The Labute approximate surface area is 136 Å². The SMILES string of the molecule is Cc1cccc(NC(=O)c2coc(NC(=O)c3cccs3)n2)c1. The summed E-state index contributed by atoms with van der Waals surface area (Å²) in [4.78, 5) is 28.5. The predicted molar refractivity (Wildman–Crippen MR) is 87.9 cm³/mol. The number of nitrogens with zero attached hydrogens (tertiary/aromatic N) is 1. The van der Waals surface area contributed by atoms with E-state index in [1.54, 1.807) is 23.6 Å². The number of oxazole rings is 1. The Hall–Kier alpha value is -2.93. The largest absolute Gasteiger partial charge is 0.431 e. The van der Waals surface area contributed by atoms with Gasteiger partial charge >= 0.3 is 6.01 Å². The van der Waals surface area contributed by atoms with Crippen molar-refractivity contribution in [1.82, 2.24) is 4.98 Å². The van der Waals surface area contributed by atoms with Gasteiger partial charge in [0, 0.05) is 5.69 Å². The second kappa shape index (κ2) is 6.45. The zero-order valence-electron chi connectivity index (χ0n) is 12.2. The van der Waals surface area contributed by atoms with Crippen LogP contribution in [0.25, 0.3) is 0 Å². The number of hydrogen-bond acceptors (Lipinski definition) is 5. The fourth-order valence-corrected chi connectivity index (χ4v) is 2.54. The van der Waals surface area contributed by atoms with Crippen molar-refractivity contribution >= 4 is 34.9 Å². The van der Waals surface area contributed by atoms with Gasteiger partial charge in [0.05, 0.1) is 4.88 Å². The van der Waals surface area contributed by atoms with Crippen LogP contribution < -0.4 is 10.6 Å². The molecule has 0 aliphatic heterocycles. The molecule has 0 bridgehead atoms. The van der Waals surface area contributed by atoms with E-state index < -0.39 is 5.91 Å². The normalized spacial score (nSPS) is 10.3. The van der Waals surface area contributed by atoms with Gasteiger partial charge in [0.1, 0.15) is 6.26 Å². The van der Waals surface area contributed by atoms with E-state index in [1.807, 2.05) is 25.1 Å². The van der Waals surface area contributed by atoms with Gasteiger partial charge in [-0.2, -0.15) is 4.98 Å². The topological polar surface area (TPSA) is 84.2 Å². The maximum Gasteiger partial charge on any atom is 0.302 e. The van der Waals surface area contributed by atoms with E-state index in [4.69, 9.17) is 4.42 Å². The van der Waals surface area contributed by atoms with Crippen molar-refractivity contribution in [3.63, 3.8) is 0 Å². The monoisotopic (exact) mass is 327 g/mol. The molecule has 23 heavy (non-hydrogen) atoms.